The monoisotopic (exact) mass is 365 g/mol. The van der Waals surface area contributed by atoms with Crippen molar-refractivity contribution in [3.05, 3.63) is 64.1 Å². The van der Waals surface area contributed by atoms with Gasteiger partial charge in [-0.1, -0.05) is 60.5 Å². The van der Waals surface area contributed by atoms with Crippen molar-refractivity contribution in [2.75, 3.05) is 11.9 Å². The second-order valence-corrected chi connectivity index (χ2v) is 6.00. The van der Waals surface area contributed by atoms with E-state index in [1.165, 1.54) is 6.07 Å². The number of carbonyl (C=O) groups is 2. The topological polar surface area (TPSA) is 55.4 Å². The predicted molar refractivity (Wildman–Crippen MR) is 95.5 cm³/mol. The van der Waals surface area contributed by atoms with Crippen molar-refractivity contribution >= 4 is 40.8 Å². The Labute approximate surface area is 150 Å². The average Bonchev–Trinajstić information content (AvgIpc) is 2.58. The van der Waals surface area contributed by atoms with Crippen LogP contribution in [0.5, 0.6) is 0 Å². The molecule has 2 rings (SSSR count). The number of hydrogen-bond donors (Lipinski definition) is 1. The molecule has 2 aromatic rings. The molecule has 126 valence electrons. The first-order valence-corrected chi connectivity index (χ1v) is 8.23. The molecule has 0 aliphatic heterocycles. The van der Waals surface area contributed by atoms with E-state index in [9.17, 15) is 9.59 Å². The van der Waals surface area contributed by atoms with E-state index in [4.69, 9.17) is 27.9 Å². The Morgan fingerprint density at radius 3 is 2.50 bits per heavy atom. The molecule has 1 N–H and O–H groups in total. The summed E-state index contributed by atoms with van der Waals surface area (Å²) in [6, 6.07) is 14.0. The largest absolute Gasteiger partial charge is 0.455 e. The summed E-state index contributed by atoms with van der Waals surface area (Å²) in [6.45, 7) is 1.51. The average molecular weight is 366 g/mol. The predicted octanol–water partition coefficient (Wildman–Crippen LogP) is 4.67. The summed E-state index contributed by atoms with van der Waals surface area (Å²) < 4.78 is 5.13. The van der Waals surface area contributed by atoms with Gasteiger partial charge in [0.25, 0.3) is 5.91 Å². The van der Waals surface area contributed by atoms with E-state index >= 15 is 0 Å². The number of rotatable bonds is 6. The molecule has 0 bridgehead atoms. The Hall–Kier alpha value is -2.04. The fourth-order valence-corrected chi connectivity index (χ4v) is 2.58. The van der Waals surface area contributed by atoms with Gasteiger partial charge in [0, 0.05) is 5.02 Å². The minimum atomic E-state index is -0.476. The van der Waals surface area contributed by atoms with Gasteiger partial charge in [-0.2, -0.15) is 0 Å². The van der Waals surface area contributed by atoms with Crippen molar-refractivity contribution in [3.8, 4) is 0 Å². The standard InChI is InChI=1S/C18H17Cl2NO3/c1-2-14(12-6-4-3-5-7-12)18(23)24-11-17(22)21-16-10-13(19)8-9-15(16)20/h3-10,14H,2,11H2,1H3,(H,21,22)/t14-/m1/s1. The van der Waals surface area contributed by atoms with Crippen LogP contribution in [-0.4, -0.2) is 18.5 Å². The molecule has 0 unspecified atom stereocenters. The first-order valence-electron chi connectivity index (χ1n) is 7.47. The second-order valence-electron chi connectivity index (χ2n) is 5.15. The number of anilines is 1. The minimum Gasteiger partial charge on any atom is -0.455 e. The van der Waals surface area contributed by atoms with E-state index < -0.39 is 17.8 Å². The summed E-state index contributed by atoms with van der Waals surface area (Å²) in [5.74, 6) is -1.31. The van der Waals surface area contributed by atoms with Gasteiger partial charge in [0.15, 0.2) is 6.61 Å². The van der Waals surface area contributed by atoms with Crippen LogP contribution in [0.1, 0.15) is 24.8 Å². The zero-order valence-electron chi connectivity index (χ0n) is 13.1. The summed E-state index contributed by atoms with van der Waals surface area (Å²) in [5, 5.41) is 3.37. The first kappa shape index (κ1) is 18.3. The molecular weight excluding hydrogens is 349 g/mol. The van der Waals surface area contributed by atoms with Crippen molar-refractivity contribution in [1.29, 1.82) is 0 Å². The normalized spacial score (nSPS) is 11.6. The molecule has 0 saturated heterocycles. The van der Waals surface area contributed by atoms with E-state index in [1.807, 2.05) is 37.3 Å². The van der Waals surface area contributed by atoms with Gasteiger partial charge in [0.05, 0.1) is 16.6 Å². The molecule has 24 heavy (non-hydrogen) atoms. The quantitative estimate of drug-likeness (QED) is 0.756. The summed E-state index contributed by atoms with van der Waals surface area (Å²) in [4.78, 5) is 24.1. The van der Waals surface area contributed by atoms with E-state index in [0.717, 1.165) is 5.56 Å². The zero-order chi connectivity index (χ0) is 17.5. The van der Waals surface area contributed by atoms with Gasteiger partial charge in [0.2, 0.25) is 0 Å². The van der Waals surface area contributed by atoms with Crippen LogP contribution in [0.25, 0.3) is 0 Å². The van der Waals surface area contributed by atoms with Gasteiger partial charge in [0.1, 0.15) is 0 Å². The highest BCUT2D eigenvalue weighted by molar-refractivity contribution is 6.35. The van der Waals surface area contributed by atoms with E-state index in [-0.39, 0.29) is 6.61 Å². The van der Waals surface area contributed by atoms with Crippen LogP contribution in [0.4, 0.5) is 5.69 Å². The lowest BCUT2D eigenvalue weighted by atomic mass is 9.97. The van der Waals surface area contributed by atoms with Crippen LogP contribution in [0.15, 0.2) is 48.5 Å². The number of nitrogens with one attached hydrogen (secondary N) is 1. The zero-order valence-corrected chi connectivity index (χ0v) is 14.6. The smallest absolute Gasteiger partial charge is 0.313 e. The highest BCUT2D eigenvalue weighted by atomic mass is 35.5. The lowest BCUT2D eigenvalue weighted by Crippen LogP contribution is -2.24. The number of ether oxygens (including phenoxy) is 1. The molecule has 0 aromatic heterocycles. The second kappa shape index (κ2) is 8.71. The highest BCUT2D eigenvalue weighted by Crippen LogP contribution is 2.25. The first-order chi connectivity index (χ1) is 11.5. The van der Waals surface area contributed by atoms with Gasteiger partial charge >= 0.3 is 5.97 Å². The Bertz CT molecular complexity index is 719. The van der Waals surface area contributed by atoms with E-state index in [1.54, 1.807) is 12.1 Å². The SMILES string of the molecule is CC[C@@H](C(=O)OCC(=O)Nc1cc(Cl)ccc1Cl)c1ccccc1. The summed E-state index contributed by atoms with van der Waals surface area (Å²) in [7, 11) is 0. The Kier molecular flexibility index (Phi) is 6.64. The molecule has 0 saturated carbocycles. The molecular formula is C18H17Cl2NO3. The summed E-state index contributed by atoms with van der Waals surface area (Å²) in [5.41, 5.74) is 1.24. The maximum atomic E-state index is 12.2. The summed E-state index contributed by atoms with van der Waals surface area (Å²) >= 11 is 11.8. The van der Waals surface area contributed by atoms with Crippen LogP contribution in [0, 0.1) is 0 Å². The van der Waals surface area contributed by atoms with Crippen LogP contribution in [-0.2, 0) is 14.3 Å². The van der Waals surface area contributed by atoms with E-state index in [0.29, 0.717) is 22.2 Å². The third-order valence-corrected chi connectivity index (χ3v) is 4.01. The van der Waals surface area contributed by atoms with Crippen LogP contribution in [0.2, 0.25) is 10.0 Å². The van der Waals surface area contributed by atoms with Crippen molar-refractivity contribution in [2.24, 2.45) is 0 Å². The number of halogens is 2. The molecule has 0 radical (unpaired) electrons. The van der Waals surface area contributed by atoms with E-state index in [2.05, 4.69) is 5.32 Å². The number of hydrogen-bond acceptors (Lipinski definition) is 3. The van der Waals surface area contributed by atoms with Crippen molar-refractivity contribution < 1.29 is 14.3 Å². The fourth-order valence-electron chi connectivity index (χ4n) is 2.24. The molecule has 0 aliphatic carbocycles. The van der Waals surface area contributed by atoms with Crippen LogP contribution < -0.4 is 5.32 Å². The van der Waals surface area contributed by atoms with Crippen LogP contribution in [0.3, 0.4) is 0 Å². The summed E-state index contributed by atoms with van der Waals surface area (Å²) in [6.07, 6.45) is 0.588. The number of benzene rings is 2. The van der Waals surface area contributed by atoms with Crippen molar-refractivity contribution in [1.82, 2.24) is 0 Å². The number of amides is 1. The number of esters is 1. The maximum absolute atomic E-state index is 12.2. The third-order valence-electron chi connectivity index (χ3n) is 3.44. The Balaban J connectivity index is 1.93. The highest BCUT2D eigenvalue weighted by Gasteiger charge is 2.21. The van der Waals surface area contributed by atoms with Gasteiger partial charge in [-0.05, 0) is 30.2 Å². The molecule has 2 aromatic carbocycles. The minimum absolute atomic E-state index is 0.356. The Morgan fingerprint density at radius 1 is 1.12 bits per heavy atom. The van der Waals surface area contributed by atoms with Crippen LogP contribution >= 0.6 is 23.2 Å². The van der Waals surface area contributed by atoms with Gasteiger partial charge in [-0.25, -0.2) is 0 Å². The molecule has 1 atom stereocenters. The number of carbonyl (C=O) groups excluding carboxylic acids is 2. The molecule has 6 heteroatoms. The van der Waals surface area contributed by atoms with Crippen molar-refractivity contribution in [3.63, 3.8) is 0 Å². The Morgan fingerprint density at radius 2 is 1.83 bits per heavy atom. The van der Waals surface area contributed by atoms with Gasteiger partial charge < -0.3 is 10.1 Å². The molecule has 4 nitrogen and oxygen atoms in total. The third kappa shape index (κ3) is 4.98. The van der Waals surface area contributed by atoms with Gasteiger partial charge in [-0.3, -0.25) is 9.59 Å². The molecule has 0 fully saturated rings. The molecule has 1 amide bonds. The van der Waals surface area contributed by atoms with Gasteiger partial charge in [-0.15, -0.1) is 0 Å². The van der Waals surface area contributed by atoms with Crippen molar-refractivity contribution in [2.45, 2.75) is 19.3 Å². The lowest BCUT2D eigenvalue weighted by molar-refractivity contribution is -0.149. The fraction of sp³-hybridized carbons (Fsp3) is 0.222. The lowest BCUT2D eigenvalue weighted by Gasteiger charge is -2.14. The molecule has 0 aliphatic rings. The maximum Gasteiger partial charge on any atom is 0.313 e. The molecule has 0 spiro atoms. The molecule has 0 heterocycles.